The van der Waals surface area contributed by atoms with E-state index in [4.69, 9.17) is 27.6 Å². The number of benzene rings is 2. The number of nitrogens with zero attached hydrogens (tertiary/aromatic N) is 1. The molecule has 0 unspecified atom stereocenters. The fraction of sp³-hybridized carbons (Fsp3) is 0.250. The van der Waals surface area contributed by atoms with Crippen LogP contribution in [0.3, 0.4) is 0 Å². The SMILES string of the molecule is Cc1c(C(=O)Nc2c(Cl)cccc2Cl)oc2c1/C(=N\Nc1ccccc1)CC(C)(C)C2. The summed E-state index contributed by atoms with van der Waals surface area (Å²) in [6.45, 7) is 6.20. The molecule has 4 rings (SSSR count). The van der Waals surface area contributed by atoms with Gasteiger partial charge in [-0.05, 0) is 43.0 Å². The van der Waals surface area contributed by atoms with Gasteiger partial charge in [0.2, 0.25) is 0 Å². The lowest BCUT2D eigenvalue weighted by molar-refractivity contribution is 0.0993. The maximum atomic E-state index is 13.0. The third-order valence-corrected chi connectivity index (χ3v) is 5.92. The monoisotopic (exact) mass is 455 g/mol. The van der Waals surface area contributed by atoms with Crippen LogP contribution in [0.2, 0.25) is 10.0 Å². The molecule has 3 aromatic rings. The summed E-state index contributed by atoms with van der Waals surface area (Å²) in [5, 5.41) is 8.19. The average Bonchev–Trinajstić information content (AvgIpc) is 3.05. The zero-order chi connectivity index (χ0) is 22.2. The van der Waals surface area contributed by atoms with E-state index >= 15 is 0 Å². The number of carbonyl (C=O) groups excluding carboxylic acids is 1. The van der Waals surface area contributed by atoms with Gasteiger partial charge in [0.05, 0.1) is 27.1 Å². The second kappa shape index (κ2) is 8.40. The third-order valence-electron chi connectivity index (χ3n) is 5.29. The maximum absolute atomic E-state index is 13.0. The predicted molar refractivity (Wildman–Crippen MR) is 127 cm³/mol. The van der Waals surface area contributed by atoms with Gasteiger partial charge in [-0.3, -0.25) is 10.2 Å². The van der Waals surface area contributed by atoms with E-state index in [1.165, 1.54) is 0 Å². The second-order valence-corrected chi connectivity index (χ2v) is 9.27. The highest BCUT2D eigenvalue weighted by atomic mass is 35.5. The van der Waals surface area contributed by atoms with Gasteiger partial charge in [-0.1, -0.05) is 61.3 Å². The highest BCUT2D eigenvalue weighted by Crippen LogP contribution is 2.39. The van der Waals surface area contributed by atoms with Gasteiger partial charge in [-0.25, -0.2) is 0 Å². The number of hydrazone groups is 1. The molecule has 31 heavy (non-hydrogen) atoms. The van der Waals surface area contributed by atoms with Crippen molar-refractivity contribution in [3.8, 4) is 0 Å². The maximum Gasteiger partial charge on any atom is 0.291 e. The molecule has 1 heterocycles. The van der Waals surface area contributed by atoms with E-state index in [0.29, 0.717) is 22.2 Å². The summed E-state index contributed by atoms with van der Waals surface area (Å²) in [5.74, 6) is 0.610. The van der Waals surface area contributed by atoms with E-state index in [2.05, 4.69) is 29.7 Å². The summed E-state index contributed by atoms with van der Waals surface area (Å²) in [6, 6.07) is 14.8. The molecule has 0 radical (unpaired) electrons. The van der Waals surface area contributed by atoms with Crippen molar-refractivity contribution in [2.75, 3.05) is 10.7 Å². The van der Waals surface area contributed by atoms with Gasteiger partial charge in [-0.2, -0.15) is 5.10 Å². The van der Waals surface area contributed by atoms with Gasteiger partial charge in [0.15, 0.2) is 5.76 Å². The standard InChI is InChI=1S/C24H23Cl2N3O2/c1-14-20-18(29-28-15-8-5-4-6-9-15)12-24(2,3)13-19(20)31-22(14)23(30)27-21-16(25)10-7-11-17(21)26/h4-11,28H,12-13H2,1-3H3,(H,27,30)/b29-18-. The Morgan fingerprint density at radius 1 is 1.03 bits per heavy atom. The smallest absolute Gasteiger partial charge is 0.291 e. The number of amides is 1. The van der Waals surface area contributed by atoms with Crippen molar-refractivity contribution in [2.45, 2.75) is 33.6 Å². The van der Waals surface area contributed by atoms with Crippen LogP contribution in [0, 0.1) is 12.3 Å². The molecule has 0 saturated carbocycles. The Labute approximate surface area is 191 Å². The van der Waals surface area contributed by atoms with E-state index in [1.54, 1.807) is 18.2 Å². The minimum absolute atomic E-state index is 0.0473. The second-order valence-electron chi connectivity index (χ2n) is 8.46. The Bertz CT molecular complexity index is 1150. The molecule has 0 spiro atoms. The van der Waals surface area contributed by atoms with E-state index in [9.17, 15) is 4.79 Å². The number of anilines is 2. The zero-order valence-electron chi connectivity index (χ0n) is 17.6. The lowest BCUT2D eigenvalue weighted by atomic mass is 9.75. The van der Waals surface area contributed by atoms with Crippen molar-refractivity contribution < 1.29 is 9.21 Å². The first-order valence-corrected chi connectivity index (χ1v) is 10.8. The number of para-hydroxylation sites is 2. The Morgan fingerprint density at radius 2 is 1.71 bits per heavy atom. The van der Waals surface area contributed by atoms with Gasteiger partial charge in [0.1, 0.15) is 5.76 Å². The largest absolute Gasteiger partial charge is 0.455 e. The van der Waals surface area contributed by atoms with Gasteiger partial charge < -0.3 is 9.73 Å². The summed E-state index contributed by atoms with van der Waals surface area (Å²) in [5.41, 5.74) is 6.84. The van der Waals surface area contributed by atoms with Crippen LogP contribution in [0.25, 0.3) is 0 Å². The molecule has 0 bridgehead atoms. The molecule has 1 aliphatic carbocycles. The predicted octanol–water partition coefficient (Wildman–Crippen LogP) is 6.94. The van der Waals surface area contributed by atoms with E-state index in [-0.39, 0.29) is 11.2 Å². The van der Waals surface area contributed by atoms with Crippen LogP contribution < -0.4 is 10.7 Å². The number of hydrogen-bond acceptors (Lipinski definition) is 4. The molecular weight excluding hydrogens is 433 g/mol. The molecule has 1 aromatic heterocycles. The van der Waals surface area contributed by atoms with Crippen molar-refractivity contribution in [3.05, 3.63) is 81.2 Å². The van der Waals surface area contributed by atoms with Crippen LogP contribution >= 0.6 is 23.2 Å². The van der Waals surface area contributed by atoms with Crippen molar-refractivity contribution >= 4 is 46.2 Å². The first-order chi connectivity index (χ1) is 14.7. The van der Waals surface area contributed by atoms with Gasteiger partial charge in [0.25, 0.3) is 5.91 Å². The number of fused-ring (bicyclic) bond motifs is 1. The summed E-state index contributed by atoms with van der Waals surface area (Å²) < 4.78 is 6.06. The quantitative estimate of drug-likeness (QED) is 0.418. The van der Waals surface area contributed by atoms with E-state index in [1.807, 2.05) is 37.3 Å². The van der Waals surface area contributed by atoms with Crippen molar-refractivity contribution in [1.29, 1.82) is 0 Å². The average molecular weight is 456 g/mol. The van der Waals surface area contributed by atoms with E-state index < -0.39 is 5.91 Å². The van der Waals surface area contributed by atoms with Gasteiger partial charge in [0, 0.05) is 17.5 Å². The number of rotatable bonds is 4. The van der Waals surface area contributed by atoms with Crippen LogP contribution in [-0.2, 0) is 6.42 Å². The fourth-order valence-corrected chi connectivity index (χ4v) is 4.35. The Kier molecular flexibility index (Phi) is 5.82. The third kappa shape index (κ3) is 4.48. The molecule has 2 aromatic carbocycles. The number of carbonyl (C=O) groups is 1. The van der Waals surface area contributed by atoms with Crippen LogP contribution in [0.15, 0.2) is 58.0 Å². The number of hydrogen-bond donors (Lipinski definition) is 2. The van der Waals surface area contributed by atoms with Crippen molar-refractivity contribution in [2.24, 2.45) is 10.5 Å². The topological polar surface area (TPSA) is 66.6 Å². The van der Waals surface area contributed by atoms with Gasteiger partial charge in [-0.15, -0.1) is 0 Å². The molecule has 0 atom stereocenters. The summed E-state index contributed by atoms with van der Waals surface area (Å²) >= 11 is 12.4. The number of furan rings is 1. The Hall–Kier alpha value is -2.76. The van der Waals surface area contributed by atoms with Crippen LogP contribution in [0.1, 0.15) is 47.7 Å². The molecule has 2 N–H and O–H groups in total. The number of halogens is 2. The normalized spacial score (nSPS) is 16.1. The van der Waals surface area contributed by atoms with Crippen molar-refractivity contribution in [1.82, 2.24) is 0 Å². The first kappa shape index (κ1) is 21.5. The molecule has 1 amide bonds. The minimum atomic E-state index is -0.393. The molecule has 0 fully saturated rings. The van der Waals surface area contributed by atoms with Crippen LogP contribution in [-0.4, -0.2) is 11.6 Å². The molecule has 160 valence electrons. The summed E-state index contributed by atoms with van der Waals surface area (Å²) in [6.07, 6.45) is 1.48. The highest BCUT2D eigenvalue weighted by molar-refractivity contribution is 6.40. The van der Waals surface area contributed by atoms with E-state index in [0.717, 1.165) is 34.7 Å². The van der Waals surface area contributed by atoms with Gasteiger partial charge >= 0.3 is 0 Å². The molecule has 0 saturated heterocycles. The molecule has 5 nitrogen and oxygen atoms in total. The molecule has 0 aliphatic heterocycles. The lowest BCUT2D eigenvalue weighted by Gasteiger charge is -2.29. The zero-order valence-corrected chi connectivity index (χ0v) is 19.1. The first-order valence-electron chi connectivity index (χ1n) is 10.0. The minimum Gasteiger partial charge on any atom is -0.455 e. The molecule has 7 heteroatoms. The van der Waals surface area contributed by atoms with Crippen LogP contribution in [0.5, 0.6) is 0 Å². The fourth-order valence-electron chi connectivity index (χ4n) is 3.86. The highest BCUT2D eigenvalue weighted by Gasteiger charge is 2.36. The molecule has 1 aliphatic rings. The van der Waals surface area contributed by atoms with Crippen LogP contribution in [0.4, 0.5) is 11.4 Å². The Morgan fingerprint density at radius 3 is 2.39 bits per heavy atom. The summed E-state index contributed by atoms with van der Waals surface area (Å²) in [4.78, 5) is 13.0. The molecular formula is C24H23Cl2N3O2. The summed E-state index contributed by atoms with van der Waals surface area (Å²) in [7, 11) is 0. The lowest BCUT2D eigenvalue weighted by Crippen LogP contribution is -2.27. The van der Waals surface area contributed by atoms with Crippen molar-refractivity contribution in [3.63, 3.8) is 0 Å². The Balaban J connectivity index is 1.69. The number of nitrogens with one attached hydrogen (secondary N) is 2.